The summed E-state index contributed by atoms with van der Waals surface area (Å²) in [6.07, 6.45) is 2.21. The minimum Gasteiger partial charge on any atom is -0.490 e. The van der Waals surface area contributed by atoms with Crippen LogP contribution in [0.2, 0.25) is 0 Å². The predicted molar refractivity (Wildman–Crippen MR) is 62.1 cm³/mol. The van der Waals surface area contributed by atoms with Gasteiger partial charge in [-0.25, -0.2) is 0 Å². The van der Waals surface area contributed by atoms with E-state index in [-0.39, 0.29) is 18.6 Å². The molecule has 0 spiro atoms. The van der Waals surface area contributed by atoms with Crippen molar-refractivity contribution in [2.75, 3.05) is 0 Å². The van der Waals surface area contributed by atoms with E-state index in [1.807, 2.05) is 0 Å². The number of carboxylic acids is 1. The highest BCUT2D eigenvalue weighted by molar-refractivity contribution is 5.70. The molecule has 1 aliphatic rings. The summed E-state index contributed by atoms with van der Waals surface area (Å²) in [5.41, 5.74) is 0.760. The van der Waals surface area contributed by atoms with Gasteiger partial charge in [0.2, 0.25) is 0 Å². The molecule has 2 N–H and O–H groups in total. The number of carboxylic acid groups (broad SMARTS) is 1. The van der Waals surface area contributed by atoms with E-state index in [1.165, 1.54) is 0 Å². The van der Waals surface area contributed by atoms with Crippen molar-refractivity contribution in [3.63, 3.8) is 0 Å². The van der Waals surface area contributed by atoms with Crippen LogP contribution in [-0.4, -0.2) is 28.4 Å². The second-order valence-electron chi connectivity index (χ2n) is 4.42. The SMILES string of the molecule is O=C(O)Cc1ccc(OC2CCC(O)C2)cc1. The van der Waals surface area contributed by atoms with Crippen molar-refractivity contribution in [3.8, 4) is 5.75 Å². The maximum absolute atomic E-state index is 10.5. The normalized spacial score (nSPS) is 23.6. The quantitative estimate of drug-likeness (QED) is 0.833. The summed E-state index contributed by atoms with van der Waals surface area (Å²) in [6, 6.07) is 7.08. The maximum Gasteiger partial charge on any atom is 0.307 e. The largest absolute Gasteiger partial charge is 0.490 e. The molecule has 1 aromatic carbocycles. The van der Waals surface area contributed by atoms with E-state index in [0.717, 1.165) is 24.2 Å². The van der Waals surface area contributed by atoms with Gasteiger partial charge in [0, 0.05) is 6.42 Å². The van der Waals surface area contributed by atoms with Gasteiger partial charge in [-0.15, -0.1) is 0 Å². The Bertz CT molecular complexity index is 385. The lowest BCUT2D eigenvalue weighted by molar-refractivity contribution is -0.136. The minimum absolute atomic E-state index is 0.0302. The fourth-order valence-corrected chi connectivity index (χ4v) is 2.08. The molecule has 4 nitrogen and oxygen atoms in total. The second kappa shape index (κ2) is 5.19. The van der Waals surface area contributed by atoms with Crippen molar-refractivity contribution in [1.82, 2.24) is 0 Å². The van der Waals surface area contributed by atoms with Crippen LogP contribution >= 0.6 is 0 Å². The van der Waals surface area contributed by atoms with Crippen LogP contribution in [0.4, 0.5) is 0 Å². The van der Waals surface area contributed by atoms with Crippen molar-refractivity contribution in [3.05, 3.63) is 29.8 Å². The summed E-state index contributed by atoms with van der Waals surface area (Å²) >= 11 is 0. The van der Waals surface area contributed by atoms with Gasteiger partial charge in [0.1, 0.15) is 11.9 Å². The lowest BCUT2D eigenvalue weighted by Crippen LogP contribution is -2.13. The summed E-state index contributed by atoms with van der Waals surface area (Å²) in [4.78, 5) is 10.5. The molecule has 4 heteroatoms. The molecule has 17 heavy (non-hydrogen) atoms. The average Bonchev–Trinajstić information content (AvgIpc) is 2.66. The molecule has 1 fully saturated rings. The first-order chi connectivity index (χ1) is 8.13. The molecule has 0 aliphatic heterocycles. The monoisotopic (exact) mass is 236 g/mol. The Hall–Kier alpha value is -1.55. The van der Waals surface area contributed by atoms with Crippen LogP contribution in [0.25, 0.3) is 0 Å². The number of benzene rings is 1. The van der Waals surface area contributed by atoms with Gasteiger partial charge in [-0.05, 0) is 30.5 Å². The first-order valence-corrected chi connectivity index (χ1v) is 5.79. The number of hydrogen-bond donors (Lipinski definition) is 2. The third-order valence-electron chi connectivity index (χ3n) is 2.94. The topological polar surface area (TPSA) is 66.8 Å². The number of ether oxygens (including phenoxy) is 1. The summed E-state index contributed by atoms with van der Waals surface area (Å²) in [5.74, 6) is -0.101. The van der Waals surface area contributed by atoms with E-state index in [2.05, 4.69) is 0 Å². The summed E-state index contributed by atoms with van der Waals surface area (Å²) in [5, 5.41) is 18.0. The van der Waals surface area contributed by atoms with E-state index in [9.17, 15) is 9.90 Å². The van der Waals surface area contributed by atoms with Crippen molar-refractivity contribution in [1.29, 1.82) is 0 Å². The highest BCUT2D eigenvalue weighted by Gasteiger charge is 2.24. The highest BCUT2D eigenvalue weighted by atomic mass is 16.5. The van der Waals surface area contributed by atoms with E-state index < -0.39 is 5.97 Å². The molecule has 92 valence electrons. The Balaban J connectivity index is 1.91. The number of aliphatic hydroxyl groups is 1. The average molecular weight is 236 g/mol. The molecule has 1 saturated carbocycles. The summed E-state index contributed by atoms with van der Waals surface area (Å²) < 4.78 is 5.70. The molecular formula is C13H16O4. The van der Waals surface area contributed by atoms with E-state index >= 15 is 0 Å². The van der Waals surface area contributed by atoms with Crippen LogP contribution in [0.15, 0.2) is 24.3 Å². The summed E-state index contributed by atoms with van der Waals surface area (Å²) in [6.45, 7) is 0. The Morgan fingerprint density at radius 1 is 1.29 bits per heavy atom. The number of rotatable bonds is 4. The van der Waals surface area contributed by atoms with Gasteiger partial charge < -0.3 is 14.9 Å². The number of aliphatic carboxylic acids is 1. The molecule has 0 aromatic heterocycles. The number of aliphatic hydroxyl groups excluding tert-OH is 1. The molecule has 0 radical (unpaired) electrons. The predicted octanol–water partition coefficient (Wildman–Crippen LogP) is 1.61. The van der Waals surface area contributed by atoms with Gasteiger partial charge in [-0.3, -0.25) is 4.79 Å². The Kier molecular flexibility index (Phi) is 3.64. The Morgan fingerprint density at radius 3 is 2.53 bits per heavy atom. The van der Waals surface area contributed by atoms with Crippen LogP contribution in [-0.2, 0) is 11.2 Å². The van der Waals surface area contributed by atoms with Crippen LogP contribution in [0.5, 0.6) is 5.75 Å². The Morgan fingerprint density at radius 2 is 2.00 bits per heavy atom. The standard InChI is InChI=1S/C13H16O4/c14-10-3-6-12(8-10)17-11-4-1-9(2-5-11)7-13(15)16/h1-2,4-5,10,12,14H,3,6-8H2,(H,15,16). The van der Waals surface area contributed by atoms with Crippen molar-refractivity contribution < 1.29 is 19.7 Å². The third kappa shape index (κ3) is 3.46. The van der Waals surface area contributed by atoms with Crippen molar-refractivity contribution in [2.24, 2.45) is 0 Å². The fraction of sp³-hybridized carbons (Fsp3) is 0.462. The lowest BCUT2D eigenvalue weighted by Gasteiger charge is -2.13. The minimum atomic E-state index is -0.836. The van der Waals surface area contributed by atoms with Gasteiger partial charge in [-0.1, -0.05) is 12.1 Å². The zero-order chi connectivity index (χ0) is 12.3. The van der Waals surface area contributed by atoms with Crippen LogP contribution in [0, 0.1) is 0 Å². The third-order valence-corrected chi connectivity index (χ3v) is 2.94. The van der Waals surface area contributed by atoms with Gasteiger partial charge in [0.25, 0.3) is 0 Å². The molecule has 0 heterocycles. The van der Waals surface area contributed by atoms with Gasteiger partial charge in [-0.2, -0.15) is 0 Å². The van der Waals surface area contributed by atoms with Crippen LogP contribution in [0.3, 0.4) is 0 Å². The Labute approximate surface area is 99.8 Å². The maximum atomic E-state index is 10.5. The molecule has 2 atom stereocenters. The van der Waals surface area contributed by atoms with Gasteiger partial charge in [0.15, 0.2) is 0 Å². The van der Waals surface area contributed by atoms with Crippen molar-refractivity contribution >= 4 is 5.97 Å². The summed E-state index contributed by atoms with van der Waals surface area (Å²) in [7, 11) is 0. The first-order valence-electron chi connectivity index (χ1n) is 5.79. The van der Waals surface area contributed by atoms with E-state index in [0.29, 0.717) is 6.42 Å². The zero-order valence-electron chi connectivity index (χ0n) is 9.50. The zero-order valence-corrected chi connectivity index (χ0v) is 9.50. The van der Waals surface area contributed by atoms with Crippen LogP contribution in [0.1, 0.15) is 24.8 Å². The molecule has 0 bridgehead atoms. The molecule has 2 unspecified atom stereocenters. The molecule has 1 aromatic rings. The van der Waals surface area contributed by atoms with Crippen molar-refractivity contribution in [2.45, 2.75) is 37.9 Å². The fourth-order valence-electron chi connectivity index (χ4n) is 2.08. The smallest absolute Gasteiger partial charge is 0.307 e. The molecule has 2 rings (SSSR count). The lowest BCUT2D eigenvalue weighted by atomic mass is 10.1. The van der Waals surface area contributed by atoms with Gasteiger partial charge in [0.05, 0.1) is 12.5 Å². The van der Waals surface area contributed by atoms with E-state index in [1.54, 1.807) is 24.3 Å². The second-order valence-corrected chi connectivity index (χ2v) is 4.42. The highest BCUT2D eigenvalue weighted by Crippen LogP contribution is 2.24. The first kappa shape index (κ1) is 11.9. The number of carbonyl (C=O) groups is 1. The van der Waals surface area contributed by atoms with Gasteiger partial charge >= 0.3 is 5.97 Å². The number of hydrogen-bond acceptors (Lipinski definition) is 3. The molecule has 0 saturated heterocycles. The molecular weight excluding hydrogens is 220 g/mol. The molecule has 0 amide bonds. The molecule has 1 aliphatic carbocycles. The van der Waals surface area contributed by atoms with E-state index in [4.69, 9.17) is 9.84 Å². The van der Waals surface area contributed by atoms with Crippen LogP contribution < -0.4 is 4.74 Å².